The predicted molar refractivity (Wildman–Crippen MR) is 75.3 cm³/mol. The second kappa shape index (κ2) is 5.28. The molecule has 2 aliphatic carbocycles. The van der Waals surface area contributed by atoms with Crippen molar-refractivity contribution in [3.63, 3.8) is 0 Å². The van der Waals surface area contributed by atoms with Gasteiger partial charge < -0.3 is 5.11 Å². The van der Waals surface area contributed by atoms with Crippen LogP contribution < -0.4 is 0 Å². The maximum Gasteiger partial charge on any atom is 0.305 e. The minimum absolute atomic E-state index is 0.114. The molecule has 0 radical (unpaired) electrons. The lowest BCUT2D eigenvalue weighted by molar-refractivity contribution is -0.153. The van der Waals surface area contributed by atoms with E-state index in [-0.39, 0.29) is 30.1 Å². The summed E-state index contributed by atoms with van der Waals surface area (Å²) < 4.78 is 0. The Labute approximate surface area is 124 Å². The zero-order chi connectivity index (χ0) is 15.0. The van der Waals surface area contributed by atoms with Crippen LogP contribution in [0, 0.1) is 11.8 Å². The number of fused-ring (bicyclic) bond motifs is 1. The van der Waals surface area contributed by atoms with Gasteiger partial charge in [0.05, 0.1) is 23.8 Å². The van der Waals surface area contributed by atoms with E-state index < -0.39 is 11.5 Å². The Kier molecular flexibility index (Phi) is 3.59. The lowest BCUT2D eigenvalue weighted by Gasteiger charge is -2.42. The zero-order valence-corrected chi connectivity index (χ0v) is 12.1. The van der Waals surface area contributed by atoms with Crippen molar-refractivity contribution in [1.82, 2.24) is 4.90 Å². The monoisotopic (exact) mass is 291 g/mol. The van der Waals surface area contributed by atoms with E-state index >= 15 is 0 Å². The molecule has 0 aromatic heterocycles. The number of amides is 2. The van der Waals surface area contributed by atoms with Crippen LogP contribution >= 0.6 is 0 Å². The number of aliphatic carboxylic acids is 1. The Bertz CT molecular complexity index is 478. The molecule has 2 atom stereocenters. The molecule has 1 heterocycles. The van der Waals surface area contributed by atoms with Crippen LogP contribution in [0.2, 0.25) is 0 Å². The summed E-state index contributed by atoms with van der Waals surface area (Å²) in [6, 6.07) is 0. The fourth-order valence-corrected chi connectivity index (χ4v) is 4.24. The van der Waals surface area contributed by atoms with Crippen molar-refractivity contribution in [3.05, 3.63) is 12.2 Å². The molecule has 3 rings (SSSR count). The van der Waals surface area contributed by atoms with Gasteiger partial charge in [-0.1, -0.05) is 31.4 Å². The summed E-state index contributed by atoms with van der Waals surface area (Å²) in [7, 11) is 0. The number of carboxylic acids is 1. The van der Waals surface area contributed by atoms with Gasteiger partial charge in [0.2, 0.25) is 11.8 Å². The van der Waals surface area contributed by atoms with Crippen molar-refractivity contribution in [3.8, 4) is 0 Å². The largest absolute Gasteiger partial charge is 0.481 e. The normalized spacial score (nSPS) is 31.3. The fraction of sp³-hybridized carbons (Fsp3) is 0.688. The van der Waals surface area contributed by atoms with Crippen molar-refractivity contribution in [2.75, 3.05) is 0 Å². The van der Waals surface area contributed by atoms with Crippen LogP contribution in [-0.4, -0.2) is 33.3 Å². The summed E-state index contributed by atoms with van der Waals surface area (Å²) >= 11 is 0. The summed E-state index contributed by atoms with van der Waals surface area (Å²) in [5, 5.41) is 9.26. The molecule has 5 heteroatoms. The van der Waals surface area contributed by atoms with E-state index in [4.69, 9.17) is 0 Å². The van der Waals surface area contributed by atoms with E-state index in [0.717, 1.165) is 19.3 Å². The van der Waals surface area contributed by atoms with E-state index in [2.05, 4.69) is 0 Å². The summed E-state index contributed by atoms with van der Waals surface area (Å²) in [5.41, 5.74) is -0.782. The van der Waals surface area contributed by atoms with Crippen molar-refractivity contribution < 1.29 is 19.5 Å². The van der Waals surface area contributed by atoms with Crippen molar-refractivity contribution in [1.29, 1.82) is 0 Å². The quantitative estimate of drug-likeness (QED) is 0.638. The number of hydrogen-bond acceptors (Lipinski definition) is 3. The average Bonchev–Trinajstić information content (AvgIpc) is 2.72. The minimum atomic E-state index is -0.925. The van der Waals surface area contributed by atoms with Crippen molar-refractivity contribution >= 4 is 17.8 Å². The maximum atomic E-state index is 12.7. The van der Waals surface area contributed by atoms with E-state index in [1.807, 2.05) is 12.2 Å². The lowest BCUT2D eigenvalue weighted by atomic mass is 9.78. The number of allylic oxidation sites excluding steroid dienone is 2. The van der Waals surface area contributed by atoms with E-state index in [9.17, 15) is 19.5 Å². The number of carbonyl (C=O) groups is 3. The fourth-order valence-electron chi connectivity index (χ4n) is 4.24. The second-order valence-electron chi connectivity index (χ2n) is 6.52. The molecule has 0 spiro atoms. The second-order valence-corrected chi connectivity index (χ2v) is 6.52. The number of likely N-dealkylation sites (tertiary alicyclic amines) is 1. The third-order valence-electron chi connectivity index (χ3n) is 5.25. The van der Waals surface area contributed by atoms with E-state index in [0.29, 0.717) is 25.7 Å². The predicted octanol–water partition coefficient (Wildman–Crippen LogP) is 2.12. The SMILES string of the molecule is O=C(O)CC1(N2C(=O)C3CC=CCC3C2=O)CCCCC1. The van der Waals surface area contributed by atoms with Gasteiger partial charge in [0, 0.05) is 0 Å². The Morgan fingerprint density at radius 2 is 1.62 bits per heavy atom. The highest BCUT2D eigenvalue weighted by Crippen LogP contribution is 2.44. The first kappa shape index (κ1) is 14.3. The third kappa shape index (κ3) is 2.28. The molecule has 2 unspecified atom stereocenters. The molecule has 1 N–H and O–H groups in total. The van der Waals surface area contributed by atoms with Crippen LogP contribution in [0.4, 0.5) is 0 Å². The summed E-state index contributed by atoms with van der Waals surface area (Å²) in [6.45, 7) is 0. The number of rotatable bonds is 3. The average molecular weight is 291 g/mol. The van der Waals surface area contributed by atoms with Gasteiger partial charge in [-0.25, -0.2) is 0 Å². The van der Waals surface area contributed by atoms with Gasteiger partial charge in [-0.2, -0.15) is 0 Å². The lowest BCUT2D eigenvalue weighted by Crippen LogP contribution is -2.54. The Balaban J connectivity index is 1.94. The molecular weight excluding hydrogens is 270 g/mol. The number of carboxylic acid groups (broad SMARTS) is 1. The standard InChI is InChI=1S/C16H21NO4/c18-13(19)10-16(8-4-1-5-9-16)17-14(20)11-6-2-3-7-12(11)15(17)21/h2-3,11-12H,1,4-10H2,(H,18,19). The minimum Gasteiger partial charge on any atom is -0.481 e. The topological polar surface area (TPSA) is 74.7 Å². The van der Waals surface area contributed by atoms with Crippen LogP contribution in [0.3, 0.4) is 0 Å². The van der Waals surface area contributed by atoms with Crippen molar-refractivity contribution in [2.24, 2.45) is 11.8 Å². The number of nitrogens with zero attached hydrogens (tertiary/aromatic N) is 1. The number of carbonyl (C=O) groups excluding carboxylic acids is 2. The molecule has 3 aliphatic rings. The maximum absolute atomic E-state index is 12.7. The first-order valence-electron chi connectivity index (χ1n) is 7.80. The van der Waals surface area contributed by atoms with Gasteiger partial charge in [0.25, 0.3) is 0 Å². The molecular formula is C16H21NO4. The van der Waals surface area contributed by atoms with Crippen molar-refractivity contribution in [2.45, 2.75) is 56.9 Å². The highest BCUT2D eigenvalue weighted by atomic mass is 16.4. The third-order valence-corrected chi connectivity index (χ3v) is 5.25. The van der Waals surface area contributed by atoms with Gasteiger partial charge in [0.15, 0.2) is 0 Å². The Hall–Kier alpha value is -1.65. The molecule has 1 aliphatic heterocycles. The van der Waals surface area contributed by atoms with Crippen LogP contribution in [0.15, 0.2) is 12.2 Å². The smallest absolute Gasteiger partial charge is 0.305 e. The highest BCUT2D eigenvalue weighted by Gasteiger charge is 2.55. The Morgan fingerprint density at radius 1 is 1.10 bits per heavy atom. The van der Waals surface area contributed by atoms with Crippen LogP contribution in [0.25, 0.3) is 0 Å². The number of imide groups is 1. The molecule has 0 bridgehead atoms. The van der Waals surface area contributed by atoms with Gasteiger partial charge in [-0.15, -0.1) is 0 Å². The highest BCUT2D eigenvalue weighted by molar-refractivity contribution is 6.06. The molecule has 21 heavy (non-hydrogen) atoms. The summed E-state index contributed by atoms with van der Waals surface area (Å²) in [5.74, 6) is -1.74. The summed E-state index contributed by atoms with van der Waals surface area (Å²) in [4.78, 5) is 38.1. The molecule has 5 nitrogen and oxygen atoms in total. The molecule has 114 valence electrons. The van der Waals surface area contributed by atoms with Crippen LogP contribution in [-0.2, 0) is 14.4 Å². The first-order valence-corrected chi connectivity index (χ1v) is 7.80. The van der Waals surface area contributed by atoms with Gasteiger partial charge in [-0.05, 0) is 25.7 Å². The zero-order valence-electron chi connectivity index (χ0n) is 12.1. The summed E-state index contributed by atoms with van der Waals surface area (Å²) in [6.07, 6.45) is 9.09. The Morgan fingerprint density at radius 3 is 2.10 bits per heavy atom. The van der Waals surface area contributed by atoms with Crippen LogP contribution in [0.5, 0.6) is 0 Å². The van der Waals surface area contributed by atoms with E-state index in [1.165, 1.54) is 4.90 Å². The molecule has 1 saturated heterocycles. The van der Waals surface area contributed by atoms with Gasteiger partial charge in [-0.3, -0.25) is 19.3 Å². The molecule has 0 aromatic carbocycles. The molecule has 0 aromatic rings. The first-order chi connectivity index (χ1) is 10.1. The van der Waals surface area contributed by atoms with Gasteiger partial charge >= 0.3 is 5.97 Å². The molecule has 2 amide bonds. The molecule has 2 fully saturated rings. The van der Waals surface area contributed by atoms with E-state index in [1.54, 1.807) is 0 Å². The van der Waals surface area contributed by atoms with Crippen LogP contribution in [0.1, 0.15) is 51.4 Å². The molecule has 1 saturated carbocycles. The van der Waals surface area contributed by atoms with Gasteiger partial charge in [0.1, 0.15) is 0 Å². The number of hydrogen-bond donors (Lipinski definition) is 1.